The topological polar surface area (TPSA) is 216 Å². The van der Waals surface area contributed by atoms with Gasteiger partial charge < -0.3 is 75.8 Å². The third-order valence-corrected chi connectivity index (χ3v) is 24.0. The van der Waals surface area contributed by atoms with E-state index in [4.69, 9.17) is 75.8 Å². The van der Waals surface area contributed by atoms with Crippen molar-refractivity contribution in [3.63, 3.8) is 0 Å². The van der Waals surface area contributed by atoms with Gasteiger partial charge in [0, 0.05) is 55.3 Å². The SMILES string of the molecule is CCCCC1(OCCOC(=O)CCC(=O)OCCCCCCCCCCOC(=O)CCC(=O)OCCOC2(CCCC)c3cc(OC)ccc3-c3c2c2c(c4cc(OC)ccc34)OC(c3ccc(OC)cc3)(c3ccc(OC)cc3)C=C2)c2cc(OC)ccc2-c2c1c1c(c3cc(OC)ccc23)OC(c2ccc(OC)cc2)(c2ccc(OC)cc2)C=C1. The molecule has 0 saturated carbocycles. The fraction of sp³-hybridized carbons (Fsp3) is 0.373. The Kier molecular flexibility index (Phi) is 27.8. The summed E-state index contributed by atoms with van der Waals surface area (Å²) in [6.07, 6.45) is 19.8. The van der Waals surface area contributed by atoms with E-state index in [1.165, 1.54) is 0 Å². The van der Waals surface area contributed by atoms with Gasteiger partial charge in [0.2, 0.25) is 0 Å². The summed E-state index contributed by atoms with van der Waals surface area (Å²) < 4.78 is 98.5. The average molecular weight is 1660 g/mol. The molecular formula is C102H110O20. The zero-order chi connectivity index (χ0) is 85.4. The number of benzene rings is 10. The van der Waals surface area contributed by atoms with Crippen molar-refractivity contribution in [1.82, 2.24) is 0 Å². The predicted molar refractivity (Wildman–Crippen MR) is 470 cm³/mol. The van der Waals surface area contributed by atoms with Gasteiger partial charge in [-0.3, -0.25) is 19.2 Å². The summed E-state index contributed by atoms with van der Waals surface area (Å²) in [4.78, 5) is 52.6. The van der Waals surface area contributed by atoms with Crippen LogP contribution >= 0.6 is 0 Å². The minimum Gasteiger partial charge on any atom is -0.497 e. The number of unbranched alkanes of at least 4 members (excludes halogenated alkanes) is 9. The van der Waals surface area contributed by atoms with Gasteiger partial charge in [-0.1, -0.05) is 151 Å². The first kappa shape index (κ1) is 86.4. The van der Waals surface area contributed by atoms with Gasteiger partial charge in [0.1, 0.15) is 81.9 Å². The van der Waals surface area contributed by atoms with Crippen LogP contribution in [0.4, 0.5) is 0 Å². The zero-order valence-electron chi connectivity index (χ0n) is 71.6. The van der Waals surface area contributed by atoms with Crippen LogP contribution in [0.25, 0.3) is 56.0 Å². The van der Waals surface area contributed by atoms with E-state index >= 15 is 0 Å². The number of fused-ring (bicyclic) bond motifs is 16. The Morgan fingerprint density at radius 3 is 0.902 bits per heavy atom. The molecule has 2 heterocycles. The van der Waals surface area contributed by atoms with Crippen LogP contribution in [0, 0.1) is 0 Å². The normalized spacial score (nSPS) is 15.7. The number of methoxy groups -OCH3 is 8. The lowest BCUT2D eigenvalue weighted by atomic mass is 9.78. The molecule has 0 spiro atoms. The molecule has 0 fully saturated rings. The number of esters is 4. The van der Waals surface area contributed by atoms with Crippen LogP contribution in [-0.2, 0) is 70.0 Å². The van der Waals surface area contributed by atoms with Crippen molar-refractivity contribution in [2.75, 3.05) is 96.5 Å². The second-order valence-corrected chi connectivity index (χ2v) is 31.2. The lowest BCUT2D eigenvalue weighted by molar-refractivity contribution is -0.152. The molecule has 0 aromatic heterocycles. The van der Waals surface area contributed by atoms with E-state index in [2.05, 4.69) is 74.5 Å². The lowest BCUT2D eigenvalue weighted by Crippen LogP contribution is -2.36. The maximum atomic E-state index is 13.3. The molecule has 2 aliphatic heterocycles. The number of carbonyl (C=O) groups is 4. The fourth-order valence-corrected chi connectivity index (χ4v) is 17.8. The summed E-state index contributed by atoms with van der Waals surface area (Å²) in [6.45, 7) is 4.84. The van der Waals surface area contributed by atoms with E-state index in [1.54, 1.807) is 56.9 Å². The highest BCUT2D eigenvalue weighted by molar-refractivity contribution is 6.10. The van der Waals surface area contributed by atoms with Crippen molar-refractivity contribution >= 4 is 57.6 Å². The van der Waals surface area contributed by atoms with Crippen molar-refractivity contribution in [2.45, 2.75) is 152 Å². The van der Waals surface area contributed by atoms with E-state index in [0.717, 1.165) is 164 Å². The third kappa shape index (κ3) is 17.6. The molecule has 0 bridgehead atoms. The Morgan fingerprint density at radius 2 is 0.590 bits per heavy atom. The van der Waals surface area contributed by atoms with Gasteiger partial charge in [0.05, 0.1) is 109 Å². The van der Waals surface area contributed by atoms with Gasteiger partial charge in [-0.15, -0.1) is 0 Å². The molecule has 10 aromatic carbocycles. The van der Waals surface area contributed by atoms with Gasteiger partial charge in [0.25, 0.3) is 0 Å². The van der Waals surface area contributed by atoms with Crippen molar-refractivity contribution < 1.29 is 95.0 Å². The van der Waals surface area contributed by atoms with Crippen molar-refractivity contribution in [1.29, 1.82) is 0 Å². The van der Waals surface area contributed by atoms with Crippen molar-refractivity contribution in [3.05, 3.63) is 238 Å². The van der Waals surface area contributed by atoms with Crippen LogP contribution in [0.1, 0.15) is 185 Å². The molecule has 14 rings (SSSR count). The molecule has 10 aromatic rings. The Balaban J connectivity index is 0.521. The van der Waals surface area contributed by atoms with E-state index in [0.29, 0.717) is 83.2 Å². The predicted octanol–water partition coefficient (Wildman–Crippen LogP) is 21.2. The van der Waals surface area contributed by atoms with E-state index in [9.17, 15) is 19.2 Å². The summed E-state index contributed by atoms with van der Waals surface area (Å²) in [5.41, 5.74) is 8.76. The van der Waals surface area contributed by atoms with Gasteiger partial charge in [-0.05, 0) is 191 Å². The highest BCUT2D eigenvalue weighted by atomic mass is 16.6. The summed E-state index contributed by atoms with van der Waals surface area (Å²) in [6, 6.07) is 56.1. The average Bonchev–Trinajstić information content (AvgIpc) is 1.51. The monoisotopic (exact) mass is 1650 g/mol. The zero-order valence-corrected chi connectivity index (χ0v) is 71.6. The molecule has 122 heavy (non-hydrogen) atoms. The van der Waals surface area contributed by atoms with Gasteiger partial charge in [-0.2, -0.15) is 0 Å². The molecule has 20 nitrogen and oxygen atoms in total. The fourth-order valence-electron chi connectivity index (χ4n) is 17.8. The molecular weight excluding hydrogens is 1550 g/mol. The number of carbonyl (C=O) groups excluding carboxylic acids is 4. The molecule has 0 amide bonds. The maximum absolute atomic E-state index is 13.3. The van der Waals surface area contributed by atoms with Crippen LogP contribution in [0.3, 0.4) is 0 Å². The Bertz CT molecular complexity index is 5010. The second kappa shape index (κ2) is 39.2. The van der Waals surface area contributed by atoms with Crippen LogP contribution in [0.2, 0.25) is 0 Å². The Labute approximate surface area is 714 Å². The van der Waals surface area contributed by atoms with Gasteiger partial charge >= 0.3 is 23.9 Å². The number of rotatable bonds is 43. The van der Waals surface area contributed by atoms with Gasteiger partial charge in [0.15, 0.2) is 11.2 Å². The van der Waals surface area contributed by atoms with E-state index in [-0.39, 0.29) is 65.3 Å². The molecule has 2 atom stereocenters. The highest BCUT2D eigenvalue weighted by Crippen LogP contribution is 2.64. The van der Waals surface area contributed by atoms with Crippen LogP contribution in [0.5, 0.6) is 57.5 Å². The molecule has 0 radical (unpaired) electrons. The Morgan fingerprint density at radius 1 is 0.303 bits per heavy atom. The summed E-state index contributed by atoms with van der Waals surface area (Å²) in [5, 5.41) is 3.62. The van der Waals surface area contributed by atoms with Crippen LogP contribution in [0.15, 0.2) is 182 Å². The van der Waals surface area contributed by atoms with E-state index in [1.807, 2.05) is 133 Å². The van der Waals surface area contributed by atoms with Crippen LogP contribution < -0.4 is 47.4 Å². The van der Waals surface area contributed by atoms with Crippen molar-refractivity contribution in [3.8, 4) is 79.7 Å². The van der Waals surface area contributed by atoms with Gasteiger partial charge in [-0.25, -0.2) is 0 Å². The number of ether oxygens (including phenoxy) is 16. The summed E-state index contributed by atoms with van der Waals surface area (Å²) in [5.74, 6) is 4.91. The summed E-state index contributed by atoms with van der Waals surface area (Å²) >= 11 is 0. The minimum absolute atomic E-state index is 0.0506. The molecule has 638 valence electrons. The molecule has 2 unspecified atom stereocenters. The second-order valence-electron chi connectivity index (χ2n) is 31.2. The van der Waals surface area contributed by atoms with E-state index < -0.39 is 46.3 Å². The lowest BCUT2D eigenvalue weighted by Gasteiger charge is -2.39. The largest absolute Gasteiger partial charge is 0.497 e. The third-order valence-electron chi connectivity index (χ3n) is 24.0. The molecule has 0 N–H and O–H groups in total. The first-order chi connectivity index (χ1) is 59.6. The standard InChI is InChI=1S/C102H110O20/c1-11-13-53-101(87-65-77(113-9)41-45-81(87)93-79-43-39-75(111-7)63-85(79)97-83(95(93)101)51-55-99(121-97,67-23-31-71(107-3)32-24-67)68-25-33-72(108-4)34-26-68)119-61-59-117-91(105)49-47-89(103)115-57-21-19-17-15-16-18-20-22-58-116-90(104)48-50-92(106)118-60-62-120-102(54-14-12-2)88-66-78(114-10)42-46-82(88)94-80-44-40-76(112-8)64-86(80)98-84(96(94)102)52-56-100(122-98,69-27-35-73(109-5)36-28-69)70-29-37-74(110-6)38-30-70/h23-46,51-52,55-56,63-66H,11-22,47-50,53-54,57-62H2,1-10H3. The first-order valence-electron chi connectivity index (χ1n) is 42.6. The quantitative estimate of drug-likeness (QED) is 0.0197. The summed E-state index contributed by atoms with van der Waals surface area (Å²) in [7, 11) is 13.2. The smallest absolute Gasteiger partial charge is 0.306 e. The molecule has 2 aliphatic carbocycles. The highest BCUT2D eigenvalue weighted by Gasteiger charge is 2.52. The Hall–Kier alpha value is -12.0. The molecule has 20 heteroatoms. The molecule has 0 saturated heterocycles. The molecule has 4 aliphatic rings. The number of hydrogen-bond acceptors (Lipinski definition) is 20. The van der Waals surface area contributed by atoms with Crippen LogP contribution in [-0.4, -0.2) is 120 Å². The maximum Gasteiger partial charge on any atom is 0.306 e. The number of hydrogen-bond donors (Lipinski definition) is 0. The first-order valence-corrected chi connectivity index (χ1v) is 42.6. The van der Waals surface area contributed by atoms with Crippen molar-refractivity contribution in [2.24, 2.45) is 0 Å². The minimum atomic E-state index is -1.09.